The molecule has 36 heavy (non-hydrogen) atoms. The van der Waals surface area contributed by atoms with Gasteiger partial charge >= 0.3 is 7.05 Å². The number of alkyl halides is 1. The molecule has 0 atom stereocenters. The fourth-order valence-electron chi connectivity index (χ4n) is 4.84. The van der Waals surface area contributed by atoms with Gasteiger partial charge in [-0.1, -0.05) is 0 Å². The maximum atomic E-state index is 15.6. The van der Waals surface area contributed by atoms with Crippen molar-refractivity contribution >= 4 is 18.8 Å². The number of pyridine rings is 2. The Morgan fingerprint density at radius 3 is 2.64 bits per heavy atom. The molecule has 0 bridgehead atoms. The van der Waals surface area contributed by atoms with E-state index in [-0.39, 0.29) is 18.9 Å². The number of anilines is 1. The van der Waals surface area contributed by atoms with E-state index in [0.717, 1.165) is 31.1 Å². The van der Waals surface area contributed by atoms with Crippen LogP contribution in [0.25, 0.3) is 0 Å². The Bertz CT molecular complexity index is 997. The van der Waals surface area contributed by atoms with E-state index in [0.29, 0.717) is 50.7 Å². The van der Waals surface area contributed by atoms with Gasteiger partial charge in [-0.25, -0.2) is 18.7 Å². The highest BCUT2D eigenvalue weighted by Crippen LogP contribution is 2.30. The van der Waals surface area contributed by atoms with Gasteiger partial charge < -0.3 is 24.8 Å². The molecule has 0 aromatic carbocycles. The molecule has 0 unspecified atom stereocenters. The van der Waals surface area contributed by atoms with Gasteiger partial charge in [-0.3, -0.25) is 4.79 Å². The van der Waals surface area contributed by atoms with Crippen molar-refractivity contribution in [2.75, 3.05) is 38.0 Å². The molecular formula is C25H34BF2N5O3. The van der Waals surface area contributed by atoms with Crippen LogP contribution < -0.4 is 9.96 Å². The summed E-state index contributed by atoms with van der Waals surface area (Å²) in [7, 11) is -0.664. The second-order valence-electron chi connectivity index (χ2n) is 9.70. The van der Waals surface area contributed by atoms with Crippen molar-refractivity contribution in [1.29, 1.82) is 0 Å². The van der Waals surface area contributed by atoms with Gasteiger partial charge in [0.15, 0.2) is 5.67 Å². The van der Waals surface area contributed by atoms with Crippen molar-refractivity contribution in [3.63, 3.8) is 0 Å². The number of ether oxygens (including phenoxy) is 1. The van der Waals surface area contributed by atoms with Gasteiger partial charge in [-0.15, -0.1) is 0 Å². The second-order valence-corrected chi connectivity index (χ2v) is 9.70. The number of halogens is 2. The molecule has 4 heterocycles. The average Bonchev–Trinajstić information content (AvgIpc) is 2.87. The van der Waals surface area contributed by atoms with E-state index < -0.39 is 24.4 Å². The first-order chi connectivity index (χ1) is 17.3. The number of carbonyl (C=O) groups excluding carboxylic acids is 1. The summed E-state index contributed by atoms with van der Waals surface area (Å²) >= 11 is 0. The number of nitrogens with zero attached hydrogens (tertiary/aromatic N) is 4. The van der Waals surface area contributed by atoms with Crippen molar-refractivity contribution in [2.45, 2.75) is 57.1 Å². The molecule has 2 aromatic heterocycles. The second kappa shape index (κ2) is 12.0. The van der Waals surface area contributed by atoms with Gasteiger partial charge in [-0.05, 0) is 50.0 Å². The maximum absolute atomic E-state index is 15.6. The molecule has 11 heteroatoms. The average molecular weight is 501 g/mol. The minimum Gasteiger partial charge on any atom is -0.474 e. The Balaban J connectivity index is 1.17. The molecule has 2 aliphatic rings. The fourth-order valence-corrected chi connectivity index (χ4v) is 4.84. The van der Waals surface area contributed by atoms with E-state index in [1.165, 1.54) is 12.1 Å². The van der Waals surface area contributed by atoms with Gasteiger partial charge in [0.2, 0.25) is 5.88 Å². The monoisotopic (exact) mass is 501 g/mol. The molecule has 2 aliphatic heterocycles. The van der Waals surface area contributed by atoms with Crippen LogP contribution in [-0.4, -0.2) is 82.2 Å². The molecule has 0 spiro atoms. The predicted molar refractivity (Wildman–Crippen MR) is 134 cm³/mol. The van der Waals surface area contributed by atoms with Crippen LogP contribution in [0.2, 0.25) is 6.82 Å². The summed E-state index contributed by atoms with van der Waals surface area (Å²) in [6, 6.07) is 6.67. The smallest absolute Gasteiger partial charge is 0.408 e. The molecule has 0 aliphatic carbocycles. The van der Waals surface area contributed by atoms with Crippen LogP contribution in [0.3, 0.4) is 0 Å². The van der Waals surface area contributed by atoms with Crippen LogP contribution in [0.4, 0.5) is 14.6 Å². The summed E-state index contributed by atoms with van der Waals surface area (Å²) in [5.41, 5.74) is -0.683. The standard InChI is InChI=1S/C25H34BF2N5O3/c1-26(35)31-22-17-19(6-11-29-22)3-2-12-32-15-9-25(28,10-16-32)24(34)33-13-7-21(8-14-33)36-23-5-4-20(27)18-30-23/h4-6,11,17-18,21,35H,2-3,7-10,12-16H2,1H3,(H,29,31). The highest BCUT2D eigenvalue weighted by molar-refractivity contribution is 6.52. The molecule has 4 rings (SSSR count). The lowest BCUT2D eigenvalue weighted by Gasteiger charge is -2.40. The summed E-state index contributed by atoms with van der Waals surface area (Å²) in [5.74, 6) is 0.173. The van der Waals surface area contributed by atoms with Crippen LogP contribution in [0.1, 0.15) is 37.7 Å². The van der Waals surface area contributed by atoms with E-state index in [1.807, 2.05) is 12.1 Å². The number of rotatable bonds is 9. The van der Waals surface area contributed by atoms with Crippen molar-refractivity contribution in [2.24, 2.45) is 0 Å². The Kier molecular flexibility index (Phi) is 8.74. The molecule has 2 aromatic rings. The first-order valence-corrected chi connectivity index (χ1v) is 12.7. The Labute approximate surface area is 211 Å². The number of hydrogen-bond donors (Lipinski definition) is 2. The van der Waals surface area contributed by atoms with Crippen molar-refractivity contribution in [3.05, 3.63) is 48.0 Å². The van der Waals surface area contributed by atoms with E-state index >= 15 is 4.39 Å². The number of aromatic nitrogens is 2. The minimum absolute atomic E-state index is 0.122. The van der Waals surface area contributed by atoms with Gasteiger partial charge in [0.1, 0.15) is 17.7 Å². The molecule has 0 saturated carbocycles. The Hall–Kier alpha value is -2.79. The third-order valence-corrected chi connectivity index (χ3v) is 6.87. The highest BCUT2D eigenvalue weighted by atomic mass is 19.1. The minimum atomic E-state index is -1.81. The van der Waals surface area contributed by atoms with Gasteiger partial charge in [-0.2, -0.15) is 0 Å². The zero-order valence-electron chi connectivity index (χ0n) is 20.7. The van der Waals surface area contributed by atoms with Gasteiger partial charge in [0.25, 0.3) is 5.91 Å². The van der Waals surface area contributed by atoms with E-state index in [1.54, 1.807) is 17.9 Å². The van der Waals surface area contributed by atoms with Gasteiger partial charge in [0, 0.05) is 64.1 Å². The molecule has 1 amide bonds. The molecule has 0 radical (unpaired) electrons. The lowest BCUT2D eigenvalue weighted by atomic mass is 9.89. The largest absolute Gasteiger partial charge is 0.474 e. The normalized spacial score (nSPS) is 18.6. The number of nitrogens with one attached hydrogen (secondary N) is 1. The van der Waals surface area contributed by atoms with Crippen molar-refractivity contribution < 1.29 is 23.3 Å². The van der Waals surface area contributed by atoms with Crippen LogP contribution in [0.5, 0.6) is 5.88 Å². The molecule has 2 saturated heterocycles. The van der Waals surface area contributed by atoms with E-state index in [9.17, 15) is 14.2 Å². The number of carbonyl (C=O) groups is 1. The summed E-state index contributed by atoms with van der Waals surface area (Å²) in [6.45, 7) is 4.48. The summed E-state index contributed by atoms with van der Waals surface area (Å²) in [5, 5.41) is 12.3. The molecule has 194 valence electrons. The fraction of sp³-hybridized carbons (Fsp3) is 0.560. The van der Waals surface area contributed by atoms with Crippen molar-refractivity contribution in [3.8, 4) is 5.88 Å². The number of likely N-dealkylation sites (tertiary alicyclic amines) is 2. The number of amides is 1. The number of hydrogen-bond acceptors (Lipinski definition) is 7. The summed E-state index contributed by atoms with van der Waals surface area (Å²) < 4.78 is 34.4. The van der Waals surface area contributed by atoms with Gasteiger partial charge in [0.05, 0.1) is 6.20 Å². The molecule has 2 fully saturated rings. The van der Waals surface area contributed by atoms with Crippen LogP contribution in [0, 0.1) is 5.82 Å². The summed E-state index contributed by atoms with van der Waals surface area (Å²) in [6.07, 6.45) is 6.09. The summed E-state index contributed by atoms with van der Waals surface area (Å²) in [4.78, 5) is 24.9. The lowest BCUT2D eigenvalue weighted by molar-refractivity contribution is -0.149. The first kappa shape index (κ1) is 26.3. The predicted octanol–water partition coefficient (Wildman–Crippen LogP) is 2.94. The van der Waals surface area contributed by atoms with Crippen LogP contribution in [0.15, 0.2) is 36.7 Å². The molecular weight excluding hydrogens is 467 g/mol. The third-order valence-electron chi connectivity index (χ3n) is 6.87. The Morgan fingerprint density at radius 1 is 1.22 bits per heavy atom. The zero-order valence-corrected chi connectivity index (χ0v) is 20.7. The van der Waals surface area contributed by atoms with Crippen molar-refractivity contribution in [1.82, 2.24) is 19.8 Å². The van der Waals surface area contributed by atoms with Crippen LogP contribution >= 0.6 is 0 Å². The number of piperidine rings is 2. The number of aryl methyl sites for hydroxylation is 1. The Morgan fingerprint density at radius 2 is 1.97 bits per heavy atom. The first-order valence-electron chi connectivity index (χ1n) is 12.7. The lowest BCUT2D eigenvalue weighted by Crippen LogP contribution is -2.54. The maximum Gasteiger partial charge on any atom is 0.408 e. The van der Waals surface area contributed by atoms with Crippen LogP contribution in [-0.2, 0) is 11.2 Å². The highest BCUT2D eigenvalue weighted by Gasteiger charge is 2.44. The SMILES string of the molecule is CB(O)Nc1cc(CCCN2CCC(F)(C(=O)N3CCC(Oc4ccc(F)cn4)CC3)CC2)ccn1. The van der Waals surface area contributed by atoms with E-state index in [2.05, 4.69) is 20.1 Å². The quantitative estimate of drug-likeness (QED) is 0.511. The third kappa shape index (κ3) is 7.13. The topological polar surface area (TPSA) is 90.8 Å². The molecule has 2 N–H and O–H groups in total. The zero-order chi connectivity index (χ0) is 25.5. The van der Waals surface area contributed by atoms with E-state index in [4.69, 9.17) is 4.74 Å². The molecule has 8 nitrogen and oxygen atoms in total.